The second-order valence-corrected chi connectivity index (χ2v) is 7.85. The number of nitrogens with zero attached hydrogens (tertiary/aromatic N) is 2. The Labute approximate surface area is 185 Å². The van der Waals surface area contributed by atoms with Crippen molar-refractivity contribution in [3.63, 3.8) is 0 Å². The first-order valence-corrected chi connectivity index (χ1v) is 10.3. The van der Waals surface area contributed by atoms with Gasteiger partial charge in [-0.1, -0.05) is 27.5 Å². The molecule has 0 aliphatic carbocycles. The van der Waals surface area contributed by atoms with Crippen LogP contribution in [0.25, 0.3) is 11.0 Å². The second-order valence-electron chi connectivity index (χ2n) is 6.53. The monoisotopic (exact) mass is 496 g/mol. The number of aryl methyl sites for hydroxylation is 1. The Morgan fingerprint density at radius 3 is 2.90 bits per heavy atom. The Hall–Kier alpha value is -2.49. The maximum absolute atomic E-state index is 15.3. The highest BCUT2D eigenvalue weighted by Gasteiger charge is 2.22. The van der Waals surface area contributed by atoms with E-state index >= 15 is 4.39 Å². The van der Waals surface area contributed by atoms with Gasteiger partial charge in [0.2, 0.25) is 0 Å². The summed E-state index contributed by atoms with van der Waals surface area (Å²) in [5, 5.41) is 3.25. The fourth-order valence-electron chi connectivity index (χ4n) is 2.82. The summed E-state index contributed by atoms with van der Waals surface area (Å²) in [7, 11) is 1.71. The Kier molecular flexibility index (Phi) is 7.41. The van der Waals surface area contributed by atoms with Crippen LogP contribution in [-0.2, 0) is 16.7 Å². The molecule has 10 heteroatoms. The van der Waals surface area contributed by atoms with Crippen LogP contribution in [0.3, 0.4) is 0 Å². The van der Waals surface area contributed by atoms with E-state index in [-0.39, 0.29) is 23.4 Å². The van der Waals surface area contributed by atoms with Crippen molar-refractivity contribution in [2.45, 2.75) is 19.3 Å². The molecule has 0 saturated heterocycles. The number of unbranched alkanes of at least 4 members (excludes halogenated alkanes) is 2. The molecular weight excluding hydrogens is 479 g/mol. The molecule has 0 atom stereocenters. The largest absolute Gasteiger partial charge is 0.351 e. The highest BCUT2D eigenvalue weighted by Crippen LogP contribution is 2.34. The molecule has 2 N–H and O–H groups in total. The molecule has 0 fully saturated rings. The molecule has 0 aliphatic rings. The molecule has 0 radical (unpaired) electrons. The molecule has 3 rings (SSSR count). The van der Waals surface area contributed by atoms with Crippen molar-refractivity contribution >= 4 is 62.1 Å². The summed E-state index contributed by atoms with van der Waals surface area (Å²) in [6.07, 6.45) is 3.99. The summed E-state index contributed by atoms with van der Waals surface area (Å²) in [5.41, 5.74) is 3.31. The van der Waals surface area contributed by atoms with Crippen molar-refractivity contribution in [3.05, 3.63) is 51.5 Å². The van der Waals surface area contributed by atoms with Gasteiger partial charge in [0.05, 0.1) is 40.4 Å². The average molecular weight is 498 g/mol. The quantitative estimate of drug-likeness (QED) is 0.249. The van der Waals surface area contributed by atoms with Crippen molar-refractivity contribution < 1.29 is 18.8 Å². The van der Waals surface area contributed by atoms with Gasteiger partial charge in [0.1, 0.15) is 11.8 Å². The van der Waals surface area contributed by atoms with E-state index in [4.69, 9.17) is 16.4 Å². The van der Waals surface area contributed by atoms with E-state index < -0.39 is 11.7 Å². The molecule has 7 nitrogen and oxygen atoms in total. The highest BCUT2D eigenvalue weighted by molar-refractivity contribution is 9.10. The van der Waals surface area contributed by atoms with Gasteiger partial charge in [-0.25, -0.2) is 14.9 Å². The van der Waals surface area contributed by atoms with E-state index in [1.54, 1.807) is 29.8 Å². The number of anilines is 2. The van der Waals surface area contributed by atoms with E-state index in [9.17, 15) is 9.59 Å². The standard InChI is InChI=1S/C20H19BrClFN4O3/c1-27-11-24-19-16(27)10-13(20(29)26-30-8-4-2-3-7-28)18(17(19)23)25-15-6-5-12(21)9-14(15)22/h5-7,9-11,25H,2-4,8H2,1H3,(H,26,29). The number of aromatic nitrogens is 2. The van der Waals surface area contributed by atoms with Gasteiger partial charge < -0.3 is 14.7 Å². The number of carbonyl (C=O) groups excluding carboxylic acids is 2. The van der Waals surface area contributed by atoms with Crippen LogP contribution in [0, 0.1) is 5.82 Å². The summed E-state index contributed by atoms with van der Waals surface area (Å²) < 4.78 is 17.7. The SMILES string of the molecule is Cn1cnc2c(F)c(Nc3ccc(Br)cc3Cl)c(C(=O)NOCCCCC=O)cc21. The zero-order chi connectivity index (χ0) is 21.7. The summed E-state index contributed by atoms with van der Waals surface area (Å²) in [5.74, 6) is -1.30. The molecular formula is C20H19BrClFN4O3. The van der Waals surface area contributed by atoms with Gasteiger partial charge in [0.15, 0.2) is 5.82 Å². The van der Waals surface area contributed by atoms with E-state index in [0.29, 0.717) is 35.5 Å². The minimum absolute atomic E-state index is 0.0375. The molecule has 1 amide bonds. The van der Waals surface area contributed by atoms with Crippen molar-refractivity contribution in [1.29, 1.82) is 0 Å². The molecule has 30 heavy (non-hydrogen) atoms. The smallest absolute Gasteiger partial charge is 0.277 e. The van der Waals surface area contributed by atoms with Crippen molar-refractivity contribution in [1.82, 2.24) is 15.0 Å². The summed E-state index contributed by atoms with van der Waals surface area (Å²) in [4.78, 5) is 32.3. The number of carbonyl (C=O) groups is 2. The Balaban J connectivity index is 1.91. The lowest BCUT2D eigenvalue weighted by Gasteiger charge is -2.15. The summed E-state index contributed by atoms with van der Waals surface area (Å²) in [6.45, 7) is 0.233. The molecule has 0 bridgehead atoms. The molecule has 1 aromatic heterocycles. The average Bonchev–Trinajstić information content (AvgIpc) is 3.09. The zero-order valence-corrected chi connectivity index (χ0v) is 18.4. The third kappa shape index (κ3) is 4.97. The lowest BCUT2D eigenvalue weighted by molar-refractivity contribution is -0.108. The number of hydrogen-bond donors (Lipinski definition) is 2. The minimum Gasteiger partial charge on any atom is -0.351 e. The topological polar surface area (TPSA) is 85.2 Å². The van der Waals surface area contributed by atoms with Crippen LogP contribution >= 0.6 is 27.5 Å². The van der Waals surface area contributed by atoms with Gasteiger partial charge in [-0.2, -0.15) is 0 Å². The van der Waals surface area contributed by atoms with E-state index in [1.807, 2.05) is 0 Å². The lowest BCUT2D eigenvalue weighted by atomic mass is 10.1. The van der Waals surface area contributed by atoms with Crippen LogP contribution in [-0.4, -0.2) is 28.4 Å². The fraction of sp³-hybridized carbons (Fsp3) is 0.250. The number of benzene rings is 2. The minimum atomic E-state index is -0.678. The van der Waals surface area contributed by atoms with E-state index in [2.05, 4.69) is 31.7 Å². The number of aldehydes is 1. The number of halogens is 3. The first kappa shape index (κ1) is 22.2. The first-order valence-electron chi connectivity index (χ1n) is 9.13. The number of imidazole rings is 1. The number of rotatable bonds is 9. The van der Waals surface area contributed by atoms with E-state index in [1.165, 1.54) is 12.4 Å². The van der Waals surface area contributed by atoms with Crippen LogP contribution < -0.4 is 10.8 Å². The third-order valence-corrected chi connectivity index (χ3v) is 5.19. The van der Waals surface area contributed by atoms with Crippen molar-refractivity contribution in [3.8, 4) is 0 Å². The molecule has 0 saturated carbocycles. The van der Waals surface area contributed by atoms with Crippen LogP contribution in [0.15, 0.2) is 35.1 Å². The summed E-state index contributed by atoms with van der Waals surface area (Å²) in [6, 6.07) is 6.60. The van der Waals surface area contributed by atoms with Crippen molar-refractivity contribution in [2.75, 3.05) is 11.9 Å². The van der Waals surface area contributed by atoms with Crippen molar-refractivity contribution in [2.24, 2.45) is 7.05 Å². The second kappa shape index (κ2) is 10.0. The number of hydrogen-bond acceptors (Lipinski definition) is 5. The van der Waals surface area contributed by atoms with Gasteiger partial charge in [-0.3, -0.25) is 9.63 Å². The zero-order valence-electron chi connectivity index (χ0n) is 16.0. The molecule has 0 spiro atoms. The van der Waals surface area contributed by atoms with Crippen LogP contribution in [0.2, 0.25) is 5.02 Å². The predicted molar refractivity (Wildman–Crippen MR) is 116 cm³/mol. The Bertz CT molecular complexity index is 1090. The number of nitrogens with one attached hydrogen (secondary N) is 2. The highest BCUT2D eigenvalue weighted by atomic mass is 79.9. The molecule has 2 aromatic carbocycles. The van der Waals surface area contributed by atoms with Gasteiger partial charge in [-0.15, -0.1) is 0 Å². The Morgan fingerprint density at radius 2 is 2.17 bits per heavy atom. The summed E-state index contributed by atoms with van der Waals surface area (Å²) >= 11 is 9.57. The number of hydroxylamine groups is 1. The first-order chi connectivity index (χ1) is 14.4. The normalized spacial score (nSPS) is 10.9. The maximum Gasteiger partial charge on any atom is 0.277 e. The van der Waals surface area contributed by atoms with Gasteiger partial charge in [-0.05, 0) is 37.1 Å². The molecule has 0 aliphatic heterocycles. The molecule has 158 valence electrons. The van der Waals surface area contributed by atoms with Gasteiger partial charge in [0.25, 0.3) is 5.91 Å². The predicted octanol–water partition coefficient (Wildman–Crippen LogP) is 4.90. The third-order valence-electron chi connectivity index (χ3n) is 4.38. The lowest BCUT2D eigenvalue weighted by Crippen LogP contribution is -2.25. The maximum atomic E-state index is 15.3. The fourth-order valence-corrected chi connectivity index (χ4v) is 3.55. The number of amides is 1. The van der Waals surface area contributed by atoms with Crippen LogP contribution in [0.4, 0.5) is 15.8 Å². The number of fused-ring (bicyclic) bond motifs is 1. The van der Waals surface area contributed by atoms with Gasteiger partial charge in [0, 0.05) is 17.9 Å². The van der Waals surface area contributed by atoms with Crippen LogP contribution in [0.1, 0.15) is 29.6 Å². The molecule has 3 aromatic rings. The van der Waals surface area contributed by atoms with Gasteiger partial charge >= 0.3 is 0 Å². The molecule has 0 unspecified atom stereocenters. The molecule has 1 heterocycles. The van der Waals surface area contributed by atoms with Crippen LogP contribution in [0.5, 0.6) is 0 Å². The Morgan fingerprint density at radius 1 is 1.37 bits per heavy atom. The van der Waals surface area contributed by atoms with E-state index in [0.717, 1.165) is 10.8 Å².